The molecule has 1 rings (SSSR count). The fraction of sp³-hybridized carbons (Fsp3) is 0.500. The first kappa shape index (κ1) is 5.35. The highest BCUT2D eigenvalue weighted by Gasteiger charge is 2.30. The van der Waals surface area contributed by atoms with Gasteiger partial charge < -0.3 is 4.74 Å². The zero-order chi connectivity index (χ0) is 5.98. The van der Waals surface area contributed by atoms with E-state index < -0.39 is 0 Å². The molecule has 0 aromatic rings. The van der Waals surface area contributed by atoms with Gasteiger partial charge in [0.2, 0.25) is 0 Å². The van der Waals surface area contributed by atoms with E-state index >= 15 is 0 Å². The molecule has 0 atom stereocenters. The minimum Gasteiger partial charge on any atom is -0.435 e. The molecule has 8 heavy (non-hydrogen) atoms. The molecule has 0 N–H and O–H groups in total. The molecule has 0 heterocycles. The average Bonchev–Trinajstić information content (AvgIpc) is 2.45. The lowest BCUT2D eigenvalue weighted by atomic mass is 10.4. The van der Waals surface area contributed by atoms with E-state index in [2.05, 4.69) is 11.3 Å². The second-order valence-electron chi connectivity index (χ2n) is 1.88. The molecule has 2 nitrogen and oxygen atoms in total. The maximum atomic E-state index is 10.5. The van der Waals surface area contributed by atoms with E-state index in [4.69, 9.17) is 0 Å². The van der Waals surface area contributed by atoms with Crippen LogP contribution in [0.15, 0.2) is 12.8 Å². The Bertz CT molecular complexity index is 114. The minimum absolute atomic E-state index is 0.125. The lowest BCUT2D eigenvalue weighted by Gasteiger charge is -1.90. The van der Waals surface area contributed by atoms with Crippen LogP contribution in [0.2, 0.25) is 0 Å². The van der Waals surface area contributed by atoms with Crippen molar-refractivity contribution in [3.8, 4) is 0 Å². The molecule has 0 amide bonds. The number of rotatable bonds is 2. The van der Waals surface area contributed by atoms with Crippen molar-refractivity contribution in [2.75, 3.05) is 0 Å². The summed E-state index contributed by atoms with van der Waals surface area (Å²) < 4.78 is 4.49. The maximum absolute atomic E-state index is 10.5. The van der Waals surface area contributed by atoms with E-state index in [1.54, 1.807) is 0 Å². The number of hydrogen-bond acceptors (Lipinski definition) is 2. The third kappa shape index (κ3) is 1.09. The van der Waals surface area contributed by atoms with E-state index in [0.29, 0.717) is 0 Å². The van der Waals surface area contributed by atoms with E-state index in [1.807, 2.05) is 0 Å². The summed E-state index contributed by atoms with van der Waals surface area (Å²) in [6, 6.07) is 0. The Hall–Kier alpha value is -0.790. The Kier molecular flexibility index (Phi) is 1.33. The van der Waals surface area contributed by atoms with Gasteiger partial charge in [0.15, 0.2) is 0 Å². The second kappa shape index (κ2) is 1.99. The van der Waals surface area contributed by atoms with Crippen LogP contribution in [0.25, 0.3) is 0 Å². The molecule has 0 radical (unpaired) electrons. The summed E-state index contributed by atoms with van der Waals surface area (Å²) in [5.41, 5.74) is 0. The van der Waals surface area contributed by atoms with Gasteiger partial charge in [0, 0.05) is 0 Å². The first-order valence-corrected chi connectivity index (χ1v) is 2.66. The molecule has 0 aromatic carbocycles. The number of carbonyl (C=O) groups excluding carboxylic acids is 1. The van der Waals surface area contributed by atoms with Crippen molar-refractivity contribution in [3.63, 3.8) is 0 Å². The predicted molar refractivity (Wildman–Crippen MR) is 29.0 cm³/mol. The molecule has 0 saturated heterocycles. The van der Waals surface area contributed by atoms with Gasteiger partial charge >= 0.3 is 5.97 Å². The van der Waals surface area contributed by atoms with Gasteiger partial charge in [-0.25, -0.2) is 0 Å². The van der Waals surface area contributed by atoms with E-state index in [1.165, 1.54) is 6.26 Å². The molecule has 1 fully saturated rings. The minimum atomic E-state index is -0.125. The Morgan fingerprint density at radius 3 is 2.75 bits per heavy atom. The first-order chi connectivity index (χ1) is 3.84. The molecule has 2 heteroatoms. The monoisotopic (exact) mass is 112 g/mol. The first-order valence-electron chi connectivity index (χ1n) is 2.66. The molecule has 0 spiro atoms. The van der Waals surface area contributed by atoms with Gasteiger partial charge in [-0.3, -0.25) is 4.79 Å². The predicted octanol–water partition coefficient (Wildman–Crippen LogP) is 1.08. The third-order valence-electron chi connectivity index (χ3n) is 1.11. The van der Waals surface area contributed by atoms with Crippen molar-refractivity contribution in [2.24, 2.45) is 5.92 Å². The summed E-state index contributed by atoms with van der Waals surface area (Å²) in [6.07, 6.45) is 3.17. The van der Waals surface area contributed by atoms with E-state index in [0.717, 1.165) is 12.8 Å². The molecule has 0 unspecified atom stereocenters. The van der Waals surface area contributed by atoms with Gasteiger partial charge in [-0.2, -0.15) is 0 Å². The lowest BCUT2D eigenvalue weighted by Crippen LogP contribution is -2.00. The van der Waals surface area contributed by atoms with Gasteiger partial charge in [0.05, 0.1) is 12.2 Å². The molecular formula is C6H8O2. The summed E-state index contributed by atoms with van der Waals surface area (Å²) in [6.45, 7) is 3.27. The third-order valence-corrected chi connectivity index (χ3v) is 1.11. The summed E-state index contributed by atoms with van der Waals surface area (Å²) in [5, 5.41) is 0. The van der Waals surface area contributed by atoms with Gasteiger partial charge in [-0.05, 0) is 12.8 Å². The molecule has 1 saturated carbocycles. The quantitative estimate of drug-likeness (QED) is 0.394. The van der Waals surface area contributed by atoms with Gasteiger partial charge in [0.1, 0.15) is 0 Å². The van der Waals surface area contributed by atoms with Crippen LogP contribution >= 0.6 is 0 Å². The Balaban J connectivity index is 2.22. The molecule has 44 valence electrons. The number of hydrogen-bond donors (Lipinski definition) is 0. The number of carbonyl (C=O) groups is 1. The topological polar surface area (TPSA) is 26.3 Å². The van der Waals surface area contributed by atoms with Crippen LogP contribution in [0, 0.1) is 5.92 Å². The fourth-order valence-corrected chi connectivity index (χ4v) is 0.497. The summed E-state index contributed by atoms with van der Waals surface area (Å²) >= 11 is 0. The van der Waals surface area contributed by atoms with Crippen molar-refractivity contribution in [3.05, 3.63) is 12.8 Å². The molecule has 1 aliphatic carbocycles. The van der Waals surface area contributed by atoms with Gasteiger partial charge in [0.25, 0.3) is 0 Å². The van der Waals surface area contributed by atoms with E-state index in [9.17, 15) is 4.79 Å². The SMILES string of the molecule is C=COC(=O)C1CC1. The summed E-state index contributed by atoms with van der Waals surface area (Å²) in [4.78, 5) is 10.5. The highest BCUT2D eigenvalue weighted by atomic mass is 16.5. The number of ether oxygens (including phenoxy) is 1. The van der Waals surface area contributed by atoms with Crippen LogP contribution in [-0.2, 0) is 9.53 Å². The summed E-state index contributed by atoms with van der Waals surface area (Å²) in [5.74, 6) is 0.0630. The fourth-order valence-electron chi connectivity index (χ4n) is 0.497. The van der Waals surface area contributed by atoms with Crippen molar-refractivity contribution in [1.82, 2.24) is 0 Å². The highest BCUT2D eigenvalue weighted by Crippen LogP contribution is 2.29. The van der Waals surface area contributed by atoms with Crippen molar-refractivity contribution in [1.29, 1.82) is 0 Å². The molecule has 1 aliphatic rings. The van der Waals surface area contributed by atoms with Crippen LogP contribution in [0.5, 0.6) is 0 Å². The number of esters is 1. The van der Waals surface area contributed by atoms with Gasteiger partial charge in [-0.1, -0.05) is 6.58 Å². The Morgan fingerprint density at radius 1 is 1.75 bits per heavy atom. The molecule has 0 bridgehead atoms. The summed E-state index contributed by atoms with van der Waals surface area (Å²) in [7, 11) is 0. The van der Waals surface area contributed by atoms with Crippen LogP contribution < -0.4 is 0 Å². The van der Waals surface area contributed by atoms with Crippen LogP contribution in [-0.4, -0.2) is 5.97 Å². The Morgan fingerprint density at radius 2 is 2.38 bits per heavy atom. The normalized spacial score (nSPS) is 17.5. The molecular weight excluding hydrogens is 104 g/mol. The van der Waals surface area contributed by atoms with Crippen LogP contribution in [0.1, 0.15) is 12.8 Å². The second-order valence-corrected chi connectivity index (χ2v) is 1.88. The zero-order valence-corrected chi connectivity index (χ0v) is 4.59. The largest absolute Gasteiger partial charge is 0.435 e. The van der Waals surface area contributed by atoms with Crippen molar-refractivity contribution in [2.45, 2.75) is 12.8 Å². The zero-order valence-electron chi connectivity index (χ0n) is 4.59. The van der Waals surface area contributed by atoms with Crippen LogP contribution in [0.4, 0.5) is 0 Å². The van der Waals surface area contributed by atoms with Crippen LogP contribution in [0.3, 0.4) is 0 Å². The Labute approximate surface area is 48.1 Å². The van der Waals surface area contributed by atoms with Crippen molar-refractivity contribution < 1.29 is 9.53 Å². The highest BCUT2D eigenvalue weighted by molar-refractivity contribution is 5.75. The molecule has 0 aliphatic heterocycles. The standard InChI is InChI=1S/C6H8O2/c1-2-8-6(7)5-3-4-5/h2,5H,1,3-4H2. The smallest absolute Gasteiger partial charge is 0.313 e. The van der Waals surface area contributed by atoms with Crippen molar-refractivity contribution >= 4 is 5.97 Å². The van der Waals surface area contributed by atoms with Gasteiger partial charge in [-0.15, -0.1) is 0 Å². The molecule has 0 aromatic heterocycles. The lowest BCUT2D eigenvalue weighted by molar-refractivity contribution is -0.139. The average molecular weight is 112 g/mol. The maximum Gasteiger partial charge on any atom is 0.313 e. The van der Waals surface area contributed by atoms with E-state index in [-0.39, 0.29) is 11.9 Å².